The van der Waals surface area contributed by atoms with Gasteiger partial charge in [-0.1, -0.05) is 13.5 Å². The molecule has 0 unspecified atom stereocenters. The minimum absolute atomic E-state index is 1.06. The summed E-state index contributed by atoms with van der Waals surface area (Å²) in [5.41, 5.74) is 2.83. The lowest BCUT2D eigenvalue weighted by molar-refractivity contribution is 1.21. The molecule has 0 aliphatic carbocycles. The van der Waals surface area contributed by atoms with Crippen LogP contribution in [0.25, 0.3) is 0 Å². The Labute approximate surface area is 49.3 Å². The fourth-order valence-corrected chi connectivity index (χ4v) is 0.775. The van der Waals surface area contributed by atoms with Crippen molar-refractivity contribution in [2.45, 2.75) is 13.3 Å². The smallest absolute Gasteiger partial charge is 0.0254 e. The van der Waals surface area contributed by atoms with Crippen LogP contribution in [0.4, 0.5) is 0 Å². The highest BCUT2D eigenvalue weighted by Gasteiger charge is 1.82. The summed E-state index contributed by atoms with van der Waals surface area (Å²) in [6.07, 6.45) is 3.10. The summed E-state index contributed by atoms with van der Waals surface area (Å²) >= 11 is 1.71. The predicted molar refractivity (Wildman–Crippen MR) is 36.5 cm³/mol. The van der Waals surface area contributed by atoms with Crippen molar-refractivity contribution in [3.05, 3.63) is 17.2 Å². The third-order valence-electron chi connectivity index (χ3n) is 0.765. The highest BCUT2D eigenvalue weighted by Crippen LogP contribution is 2.11. The molecule has 0 heterocycles. The van der Waals surface area contributed by atoms with Gasteiger partial charge in [0.15, 0.2) is 0 Å². The molecular formula is C6H10S. The van der Waals surface area contributed by atoms with Gasteiger partial charge in [0.1, 0.15) is 0 Å². The second kappa shape index (κ2) is 4.04. The van der Waals surface area contributed by atoms with E-state index in [0.29, 0.717) is 0 Å². The first-order valence-electron chi connectivity index (χ1n) is 2.28. The van der Waals surface area contributed by atoms with Crippen LogP contribution >= 0.6 is 11.8 Å². The lowest BCUT2D eigenvalue weighted by Gasteiger charge is -1.88. The summed E-state index contributed by atoms with van der Waals surface area (Å²) in [6, 6.07) is 0. The molecule has 0 atom stereocenters. The van der Waals surface area contributed by atoms with E-state index in [9.17, 15) is 0 Å². The van der Waals surface area contributed by atoms with Gasteiger partial charge in [0, 0.05) is 4.91 Å². The molecule has 40 valence electrons. The molecule has 0 aliphatic heterocycles. The van der Waals surface area contributed by atoms with E-state index in [4.69, 9.17) is 0 Å². The number of hydrogen-bond acceptors (Lipinski definition) is 1. The van der Waals surface area contributed by atoms with Crippen molar-refractivity contribution < 1.29 is 0 Å². The molecule has 7 heavy (non-hydrogen) atoms. The molecule has 0 aromatic heterocycles. The first-order chi connectivity index (χ1) is 3.35. The minimum atomic E-state index is 1.06. The Morgan fingerprint density at radius 2 is 2.43 bits per heavy atom. The van der Waals surface area contributed by atoms with Crippen molar-refractivity contribution in [2.24, 2.45) is 0 Å². The molecule has 0 rings (SSSR count). The van der Waals surface area contributed by atoms with E-state index < -0.39 is 0 Å². The molecule has 0 aromatic carbocycles. The van der Waals surface area contributed by atoms with Crippen LogP contribution in [0.15, 0.2) is 17.2 Å². The van der Waals surface area contributed by atoms with Gasteiger partial charge in [-0.15, -0.1) is 17.5 Å². The SMILES string of the molecule is C=C=C(CC)SC. The lowest BCUT2D eigenvalue weighted by Crippen LogP contribution is -1.63. The van der Waals surface area contributed by atoms with Crippen molar-refractivity contribution >= 4 is 11.8 Å². The maximum atomic E-state index is 3.52. The van der Waals surface area contributed by atoms with Gasteiger partial charge in [0.2, 0.25) is 0 Å². The average Bonchev–Trinajstić information content (AvgIpc) is 1.72. The first-order valence-corrected chi connectivity index (χ1v) is 3.50. The van der Waals surface area contributed by atoms with Crippen LogP contribution in [0.1, 0.15) is 13.3 Å². The van der Waals surface area contributed by atoms with Gasteiger partial charge < -0.3 is 0 Å². The monoisotopic (exact) mass is 114 g/mol. The zero-order chi connectivity index (χ0) is 5.70. The van der Waals surface area contributed by atoms with Crippen LogP contribution in [-0.2, 0) is 0 Å². The molecule has 0 radical (unpaired) electrons. The molecule has 0 spiro atoms. The Balaban J connectivity index is 3.61. The topological polar surface area (TPSA) is 0 Å². The van der Waals surface area contributed by atoms with E-state index >= 15 is 0 Å². The Kier molecular flexibility index (Phi) is 3.97. The van der Waals surface area contributed by atoms with Crippen LogP contribution in [-0.4, -0.2) is 6.26 Å². The maximum Gasteiger partial charge on any atom is 0.0254 e. The average molecular weight is 114 g/mol. The third kappa shape index (κ3) is 2.55. The van der Waals surface area contributed by atoms with Gasteiger partial charge in [-0.2, -0.15) is 0 Å². The summed E-state index contributed by atoms with van der Waals surface area (Å²) < 4.78 is 0. The van der Waals surface area contributed by atoms with Crippen molar-refractivity contribution in [3.63, 3.8) is 0 Å². The molecule has 0 amide bonds. The Morgan fingerprint density at radius 3 is 2.43 bits per heavy atom. The van der Waals surface area contributed by atoms with Crippen LogP contribution in [0.2, 0.25) is 0 Å². The Bertz CT molecular complexity index is 82.4. The number of allylic oxidation sites excluding steroid dienone is 1. The van der Waals surface area contributed by atoms with Crippen LogP contribution < -0.4 is 0 Å². The maximum absolute atomic E-state index is 3.52. The summed E-state index contributed by atoms with van der Waals surface area (Å²) in [7, 11) is 0. The number of hydrogen-bond donors (Lipinski definition) is 0. The summed E-state index contributed by atoms with van der Waals surface area (Å²) in [4.78, 5) is 1.24. The minimum Gasteiger partial charge on any atom is -0.126 e. The zero-order valence-electron chi connectivity index (χ0n) is 4.82. The van der Waals surface area contributed by atoms with Gasteiger partial charge in [-0.05, 0) is 12.7 Å². The first kappa shape index (κ1) is 6.87. The van der Waals surface area contributed by atoms with Crippen molar-refractivity contribution in [3.8, 4) is 0 Å². The van der Waals surface area contributed by atoms with Gasteiger partial charge in [0.25, 0.3) is 0 Å². The van der Waals surface area contributed by atoms with Gasteiger partial charge >= 0.3 is 0 Å². The van der Waals surface area contributed by atoms with Crippen LogP contribution in [0.3, 0.4) is 0 Å². The second-order valence-corrected chi connectivity index (χ2v) is 2.06. The molecule has 0 N–H and O–H groups in total. The molecule has 0 fully saturated rings. The molecule has 0 nitrogen and oxygen atoms in total. The van der Waals surface area contributed by atoms with E-state index in [1.165, 1.54) is 4.91 Å². The summed E-state index contributed by atoms with van der Waals surface area (Å²) in [5, 5.41) is 0. The van der Waals surface area contributed by atoms with Gasteiger partial charge in [-0.3, -0.25) is 0 Å². The predicted octanol–water partition coefficient (Wildman–Crippen LogP) is 2.43. The van der Waals surface area contributed by atoms with Crippen molar-refractivity contribution in [1.82, 2.24) is 0 Å². The van der Waals surface area contributed by atoms with Crippen molar-refractivity contribution in [2.75, 3.05) is 6.26 Å². The third-order valence-corrected chi connectivity index (χ3v) is 1.69. The molecule has 0 bridgehead atoms. The summed E-state index contributed by atoms with van der Waals surface area (Å²) in [5.74, 6) is 0. The normalized spacial score (nSPS) is 7.71. The second-order valence-electron chi connectivity index (χ2n) is 1.16. The van der Waals surface area contributed by atoms with Crippen LogP contribution in [0.5, 0.6) is 0 Å². The highest BCUT2D eigenvalue weighted by molar-refractivity contribution is 8.02. The molecule has 1 heteroatoms. The largest absolute Gasteiger partial charge is 0.126 e. The standard InChI is InChI=1S/C6H10S/c1-4-6(5-2)7-3/h1,5H2,2-3H3. The van der Waals surface area contributed by atoms with Gasteiger partial charge in [0.05, 0.1) is 0 Å². The van der Waals surface area contributed by atoms with E-state index in [0.717, 1.165) is 6.42 Å². The van der Waals surface area contributed by atoms with E-state index in [1.807, 2.05) is 6.26 Å². The Morgan fingerprint density at radius 1 is 1.86 bits per heavy atom. The quantitative estimate of drug-likeness (QED) is 0.497. The fraction of sp³-hybridized carbons (Fsp3) is 0.500. The highest BCUT2D eigenvalue weighted by atomic mass is 32.2. The van der Waals surface area contributed by atoms with Crippen molar-refractivity contribution in [1.29, 1.82) is 0 Å². The number of thioether (sulfide) groups is 1. The zero-order valence-corrected chi connectivity index (χ0v) is 5.64. The Hall–Kier alpha value is -0.130. The fourth-order valence-electron chi connectivity index (χ4n) is 0.342. The molecule has 0 saturated carbocycles. The summed E-state index contributed by atoms with van der Waals surface area (Å²) in [6.45, 7) is 5.62. The lowest BCUT2D eigenvalue weighted by atomic mass is 10.5. The molecule has 0 aromatic rings. The van der Waals surface area contributed by atoms with Crippen LogP contribution in [0, 0.1) is 0 Å². The number of rotatable bonds is 2. The molecule has 0 aliphatic rings. The van der Waals surface area contributed by atoms with Gasteiger partial charge in [-0.25, -0.2) is 0 Å². The molecule has 0 saturated heterocycles. The van der Waals surface area contributed by atoms with E-state index in [-0.39, 0.29) is 0 Å². The van der Waals surface area contributed by atoms with E-state index in [2.05, 4.69) is 19.2 Å². The molecular weight excluding hydrogens is 104 g/mol. The van der Waals surface area contributed by atoms with E-state index in [1.54, 1.807) is 11.8 Å².